The maximum absolute atomic E-state index is 13.3. The van der Waals surface area contributed by atoms with Crippen LogP contribution in [0.5, 0.6) is 0 Å². The lowest BCUT2D eigenvalue weighted by molar-refractivity contribution is -0.121. The smallest absolute Gasteiger partial charge is 0.263 e. The zero-order chi connectivity index (χ0) is 23.9. The van der Waals surface area contributed by atoms with Crippen LogP contribution in [0, 0.1) is 6.92 Å². The molecule has 2 aliphatic rings. The van der Waals surface area contributed by atoms with E-state index in [2.05, 4.69) is 26.7 Å². The molecule has 7 nitrogen and oxygen atoms in total. The van der Waals surface area contributed by atoms with Gasteiger partial charge in [-0.2, -0.15) is 0 Å². The van der Waals surface area contributed by atoms with Crippen molar-refractivity contribution in [1.82, 2.24) is 9.88 Å². The fraction of sp³-hybridized carbons (Fsp3) is 0.333. The van der Waals surface area contributed by atoms with Gasteiger partial charge < -0.3 is 4.90 Å². The Bertz CT molecular complexity index is 1300. The number of rotatable bonds is 6. The van der Waals surface area contributed by atoms with E-state index in [0.717, 1.165) is 36.5 Å². The van der Waals surface area contributed by atoms with E-state index < -0.39 is 10.0 Å². The van der Waals surface area contributed by atoms with Crippen LogP contribution in [0.4, 0.5) is 10.8 Å². The molecule has 2 fully saturated rings. The van der Waals surface area contributed by atoms with Crippen LogP contribution in [0.15, 0.2) is 58.9 Å². The Morgan fingerprint density at radius 3 is 2.62 bits per heavy atom. The van der Waals surface area contributed by atoms with E-state index in [1.54, 1.807) is 28.6 Å². The highest BCUT2D eigenvalue weighted by molar-refractivity contribution is 7.93. The summed E-state index contributed by atoms with van der Waals surface area (Å²) < 4.78 is 27.6. The van der Waals surface area contributed by atoms with Gasteiger partial charge in [-0.3, -0.25) is 14.4 Å². The van der Waals surface area contributed by atoms with Gasteiger partial charge in [-0.15, -0.1) is 11.3 Å². The minimum atomic E-state index is -3.72. The number of sulfonamides is 1. The summed E-state index contributed by atoms with van der Waals surface area (Å²) >= 11 is 7.40. The molecule has 3 aromatic rings. The molecule has 1 aromatic heterocycles. The van der Waals surface area contributed by atoms with E-state index in [4.69, 9.17) is 11.6 Å². The summed E-state index contributed by atoms with van der Waals surface area (Å²) in [6.07, 6.45) is 3.32. The number of hydrogen-bond acceptors (Lipinski definition) is 6. The molecule has 2 aromatic carbocycles. The highest BCUT2D eigenvalue weighted by Crippen LogP contribution is 2.34. The van der Waals surface area contributed by atoms with E-state index >= 15 is 0 Å². The van der Waals surface area contributed by atoms with Crippen LogP contribution in [-0.4, -0.2) is 49.9 Å². The highest BCUT2D eigenvalue weighted by Gasteiger charge is 2.40. The van der Waals surface area contributed by atoms with Crippen molar-refractivity contribution in [3.8, 4) is 0 Å². The van der Waals surface area contributed by atoms with Crippen molar-refractivity contribution in [3.63, 3.8) is 0 Å². The van der Waals surface area contributed by atoms with Gasteiger partial charge in [0.15, 0.2) is 5.13 Å². The number of carbonyl (C=O) groups excluding carboxylic acids is 1. The molecular weight excluding hydrogens is 492 g/mol. The maximum atomic E-state index is 13.3. The summed E-state index contributed by atoms with van der Waals surface area (Å²) in [5.74, 6) is 0.470. The number of thiazole rings is 1. The third kappa shape index (κ3) is 4.57. The van der Waals surface area contributed by atoms with Crippen molar-refractivity contribution in [2.75, 3.05) is 29.3 Å². The number of nitrogens with zero attached hydrogens (tertiary/aromatic N) is 3. The van der Waals surface area contributed by atoms with Gasteiger partial charge in [-0.1, -0.05) is 23.7 Å². The topological polar surface area (TPSA) is 82.6 Å². The van der Waals surface area contributed by atoms with Crippen molar-refractivity contribution in [3.05, 3.63) is 70.2 Å². The molecule has 34 heavy (non-hydrogen) atoms. The van der Waals surface area contributed by atoms with Crippen LogP contribution in [0.1, 0.15) is 29.9 Å². The first-order valence-corrected chi connectivity index (χ1v) is 13.9. The SMILES string of the molecule is Cc1cc(C2CCN([C@@H]3CCN(c4ccc(S(=O)(=O)Nc5nccs5)cc4)C3=O)C2)ccc1Cl. The van der Waals surface area contributed by atoms with Crippen LogP contribution in [0.2, 0.25) is 5.02 Å². The number of carbonyl (C=O) groups is 1. The summed E-state index contributed by atoms with van der Waals surface area (Å²) in [4.78, 5) is 21.4. The average molecular weight is 517 g/mol. The molecule has 0 saturated carbocycles. The molecule has 10 heteroatoms. The molecular formula is C24H25ClN4O3S2. The summed E-state index contributed by atoms with van der Waals surface area (Å²) in [6, 6.07) is 12.5. The molecule has 3 heterocycles. The lowest BCUT2D eigenvalue weighted by atomic mass is 9.97. The van der Waals surface area contributed by atoms with Crippen molar-refractivity contribution in [1.29, 1.82) is 0 Å². The minimum absolute atomic E-state index is 0.0736. The van der Waals surface area contributed by atoms with Gasteiger partial charge in [0.1, 0.15) is 0 Å². The Hall–Kier alpha value is -2.46. The first kappa shape index (κ1) is 23.3. The first-order chi connectivity index (χ1) is 16.3. The van der Waals surface area contributed by atoms with Gasteiger partial charge in [-0.05, 0) is 73.7 Å². The predicted molar refractivity (Wildman–Crippen MR) is 135 cm³/mol. The minimum Gasteiger partial charge on any atom is -0.311 e. The molecule has 1 N–H and O–H groups in total. The Labute approximate surface area is 208 Å². The summed E-state index contributed by atoms with van der Waals surface area (Å²) in [5, 5.41) is 2.80. The average Bonchev–Trinajstić information content (AvgIpc) is 3.57. The van der Waals surface area contributed by atoms with Gasteiger partial charge in [0, 0.05) is 35.4 Å². The molecule has 5 rings (SSSR count). The number of aryl methyl sites for hydroxylation is 1. The number of anilines is 2. The molecule has 2 aliphatic heterocycles. The second-order valence-electron chi connectivity index (χ2n) is 8.72. The van der Waals surface area contributed by atoms with Crippen LogP contribution in [-0.2, 0) is 14.8 Å². The Morgan fingerprint density at radius 1 is 1.12 bits per heavy atom. The van der Waals surface area contributed by atoms with Gasteiger partial charge >= 0.3 is 0 Å². The van der Waals surface area contributed by atoms with E-state index in [9.17, 15) is 13.2 Å². The van der Waals surface area contributed by atoms with Crippen molar-refractivity contribution in [2.45, 2.75) is 36.6 Å². The van der Waals surface area contributed by atoms with Crippen LogP contribution in [0.25, 0.3) is 0 Å². The quantitative estimate of drug-likeness (QED) is 0.521. The molecule has 0 bridgehead atoms. The molecule has 2 atom stereocenters. The number of benzene rings is 2. The Morgan fingerprint density at radius 2 is 1.91 bits per heavy atom. The van der Waals surface area contributed by atoms with Gasteiger partial charge in [0.05, 0.1) is 10.9 Å². The van der Waals surface area contributed by atoms with Crippen molar-refractivity contribution >= 4 is 49.7 Å². The third-order valence-corrected chi connectivity index (χ3v) is 9.20. The fourth-order valence-corrected chi connectivity index (χ4v) is 6.68. The van der Waals surface area contributed by atoms with Crippen LogP contribution < -0.4 is 9.62 Å². The molecule has 0 spiro atoms. The predicted octanol–water partition coefficient (Wildman–Crippen LogP) is 4.50. The lowest BCUT2D eigenvalue weighted by Crippen LogP contribution is -2.40. The summed E-state index contributed by atoms with van der Waals surface area (Å²) in [7, 11) is -3.72. The van der Waals surface area contributed by atoms with Crippen LogP contribution in [0.3, 0.4) is 0 Å². The second-order valence-corrected chi connectivity index (χ2v) is 11.7. The number of likely N-dealkylation sites (tertiary alicyclic amines) is 1. The third-order valence-electron chi connectivity index (χ3n) is 6.60. The fourth-order valence-electron chi connectivity index (χ4n) is 4.78. The van der Waals surface area contributed by atoms with Crippen LogP contribution >= 0.6 is 22.9 Å². The molecule has 0 radical (unpaired) electrons. The lowest BCUT2D eigenvalue weighted by Gasteiger charge is -2.23. The zero-order valence-corrected chi connectivity index (χ0v) is 21.0. The summed E-state index contributed by atoms with van der Waals surface area (Å²) in [5.41, 5.74) is 3.06. The number of aromatic nitrogens is 1. The molecule has 178 valence electrons. The number of halogens is 1. The Balaban J connectivity index is 1.25. The van der Waals surface area contributed by atoms with Crippen molar-refractivity contribution in [2.24, 2.45) is 0 Å². The van der Waals surface area contributed by atoms with Gasteiger partial charge in [0.2, 0.25) is 5.91 Å². The molecule has 1 unspecified atom stereocenters. The normalized spacial score (nSPS) is 21.4. The van der Waals surface area contributed by atoms with E-state index in [1.807, 2.05) is 13.0 Å². The highest BCUT2D eigenvalue weighted by atomic mass is 35.5. The van der Waals surface area contributed by atoms with Gasteiger partial charge in [0.25, 0.3) is 10.0 Å². The van der Waals surface area contributed by atoms with E-state index in [1.165, 1.54) is 29.0 Å². The molecule has 2 saturated heterocycles. The van der Waals surface area contributed by atoms with Crippen molar-refractivity contribution < 1.29 is 13.2 Å². The number of nitrogens with one attached hydrogen (secondary N) is 1. The Kier molecular flexibility index (Phi) is 6.37. The summed E-state index contributed by atoms with van der Waals surface area (Å²) in [6.45, 7) is 4.37. The van der Waals surface area contributed by atoms with E-state index in [-0.39, 0.29) is 16.8 Å². The first-order valence-electron chi connectivity index (χ1n) is 11.2. The standard InChI is InChI=1S/C24H25ClN4O3S2/c1-16-14-17(2-7-21(16)25)18-8-11-28(15-18)22-9-12-29(23(22)30)19-3-5-20(6-4-19)34(31,32)27-24-26-10-13-33-24/h2-7,10,13-14,18,22H,8-9,11-12,15H2,1H3,(H,26,27)/t18?,22-/m1/s1. The largest absolute Gasteiger partial charge is 0.311 e. The van der Waals surface area contributed by atoms with Gasteiger partial charge in [-0.25, -0.2) is 13.4 Å². The zero-order valence-electron chi connectivity index (χ0n) is 18.6. The molecule has 1 amide bonds. The molecule has 0 aliphatic carbocycles. The maximum Gasteiger partial charge on any atom is 0.263 e. The number of hydrogen-bond donors (Lipinski definition) is 1. The van der Waals surface area contributed by atoms with E-state index in [0.29, 0.717) is 23.3 Å². The number of amides is 1. The monoisotopic (exact) mass is 516 g/mol. The second kappa shape index (κ2) is 9.30.